The fourth-order valence-electron chi connectivity index (χ4n) is 1.27. The van der Waals surface area contributed by atoms with E-state index in [0.717, 1.165) is 12.1 Å². The predicted molar refractivity (Wildman–Crippen MR) is 61.8 cm³/mol. The number of aromatic carboxylic acids is 1. The average molecular weight is 277 g/mol. The van der Waals surface area contributed by atoms with E-state index in [2.05, 4.69) is 4.72 Å². The topological polar surface area (TPSA) is 117 Å². The van der Waals surface area contributed by atoms with Gasteiger partial charge in [-0.3, -0.25) is 0 Å². The van der Waals surface area contributed by atoms with Crippen LogP contribution in [0.1, 0.15) is 29.8 Å². The van der Waals surface area contributed by atoms with E-state index in [4.69, 9.17) is 14.6 Å². The third-order valence-corrected chi connectivity index (χ3v) is 3.52. The van der Waals surface area contributed by atoms with Gasteiger partial charge < -0.3 is 14.6 Å². The summed E-state index contributed by atoms with van der Waals surface area (Å²) in [4.78, 5) is 10.5. The Morgan fingerprint density at radius 3 is 2.56 bits per heavy atom. The first-order valence-electron chi connectivity index (χ1n) is 5.41. The molecule has 18 heavy (non-hydrogen) atoms. The molecule has 0 bridgehead atoms. The highest BCUT2D eigenvalue weighted by molar-refractivity contribution is 7.89. The van der Waals surface area contributed by atoms with E-state index in [9.17, 15) is 13.2 Å². The van der Waals surface area contributed by atoms with Crippen molar-refractivity contribution in [2.75, 3.05) is 13.2 Å². The molecule has 0 aliphatic carbocycles. The van der Waals surface area contributed by atoms with Gasteiger partial charge in [0.1, 0.15) is 0 Å². The van der Waals surface area contributed by atoms with Crippen molar-refractivity contribution >= 4 is 16.0 Å². The fourth-order valence-corrected chi connectivity index (χ4v) is 2.27. The van der Waals surface area contributed by atoms with Gasteiger partial charge in [0, 0.05) is 13.2 Å². The summed E-state index contributed by atoms with van der Waals surface area (Å²) >= 11 is 0. The minimum absolute atomic E-state index is 0.0763. The number of carboxylic acids is 1. The van der Waals surface area contributed by atoms with E-state index >= 15 is 0 Å². The van der Waals surface area contributed by atoms with Crippen molar-refractivity contribution in [3.8, 4) is 0 Å². The van der Waals surface area contributed by atoms with Crippen molar-refractivity contribution in [2.45, 2.75) is 24.4 Å². The maximum absolute atomic E-state index is 11.7. The molecule has 1 heterocycles. The molecule has 0 unspecified atom stereocenters. The smallest absolute Gasteiger partial charge is 0.371 e. The molecule has 0 atom stereocenters. The number of carboxylic acid groups (broad SMARTS) is 1. The highest BCUT2D eigenvalue weighted by Gasteiger charge is 2.20. The van der Waals surface area contributed by atoms with Crippen LogP contribution < -0.4 is 4.72 Å². The van der Waals surface area contributed by atoms with Gasteiger partial charge in [-0.25, -0.2) is 17.9 Å². The Labute approximate surface area is 104 Å². The summed E-state index contributed by atoms with van der Waals surface area (Å²) in [6.45, 7) is 0.290. The van der Waals surface area contributed by atoms with Crippen molar-refractivity contribution in [1.82, 2.24) is 4.72 Å². The zero-order chi connectivity index (χ0) is 13.6. The summed E-state index contributed by atoms with van der Waals surface area (Å²) in [5, 5.41) is 16.7. The van der Waals surface area contributed by atoms with Gasteiger partial charge in [-0.05, 0) is 31.4 Å². The molecule has 0 aliphatic heterocycles. The lowest BCUT2D eigenvalue weighted by molar-refractivity contribution is 0.0656. The fraction of sp³-hybridized carbons (Fsp3) is 0.500. The Bertz CT molecular complexity index is 492. The minimum Gasteiger partial charge on any atom is -0.475 e. The van der Waals surface area contributed by atoms with Crippen LogP contribution in [0.4, 0.5) is 0 Å². The molecule has 0 amide bonds. The summed E-state index contributed by atoms with van der Waals surface area (Å²) in [7, 11) is -3.80. The number of rotatable bonds is 8. The van der Waals surface area contributed by atoms with E-state index in [1.807, 2.05) is 0 Å². The number of unbranched alkanes of at least 4 members (excludes halogenated alkanes) is 2. The van der Waals surface area contributed by atoms with Crippen LogP contribution in [-0.4, -0.2) is 37.8 Å². The Hall–Kier alpha value is -1.38. The molecule has 8 heteroatoms. The number of aliphatic hydroxyl groups is 1. The normalized spacial score (nSPS) is 11.6. The molecular formula is C10H15NO6S. The molecule has 0 saturated heterocycles. The second kappa shape index (κ2) is 6.53. The van der Waals surface area contributed by atoms with E-state index in [-0.39, 0.29) is 13.2 Å². The van der Waals surface area contributed by atoms with Gasteiger partial charge in [0.05, 0.1) is 0 Å². The number of sulfonamides is 1. The van der Waals surface area contributed by atoms with Crippen molar-refractivity contribution in [3.63, 3.8) is 0 Å². The number of nitrogens with one attached hydrogen (secondary N) is 1. The van der Waals surface area contributed by atoms with Crippen LogP contribution in [-0.2, 0) is 10.0 Å². The largest absolute Gasteiger partial charge is 0.475 e. The Balaban J connectivity index is 2.54. The van der Waals surface area contributed by atoms with Gasteiger partial charge in [-0.1, -0.05) is 0 Å². The van der Waals surface area contributed by atoms with Crippen molar-refractivity contribution in [2.24, 2.45) is 0 Å². The number of hydrogen-bond acceptors (Lipinski definition) is 5. The lowest BCUT2D eigenvalue weighted by Gasteiger charge is -2.03. The molecule has 3 N–H and O–H groups in total. The van der Waals surface area contributed by atoms with Crippen LogP contribution in [0.3, 0.4) is 0 Å². The highest BCUT2D eigenvalue weighted by atomic mass is 32.2. The van der Waals surface area contributed by atoms with Gasteiger partial charge >= 0.3 is 5.97 Å². The molecule has 102 valence electrons. The molecule has 1 aromatic rings. The first-order chi connectivity index (χ1) is 8.47. The molecule has 0 aliphatic rings. The van der Waals surface area contributed by atoms with Crippen molar-refractivity contribution in [1.29, 1.82) is 0 Å². The van der Waals surface area contributed by atoms with E-state index in [1.54, 1.807) is 0 Å². The molecule has 7 nitrogen and oxygen atoms in total. The third kappa shape index (κ3) is 4.13. The summed E-state index contributed by atoms with van der Waals surface area (Å²) in [6.07, 6.45) is 1.91. The second-order valence-corrected chi connectivity index (χ2v) is 5.30. The van der Waals surface area contributed by atoms with Gasteiger partial charge in [0.15, 0.2) is 0 Å². The SMILES string of the molecule is O=C(O)c1ccc(S(=O)(=O)NCCCCCO)o1. The Kier molecular flexibility index (Phi) is 5.32. The van der Waals surface area contributed by atoms with Crippen molar-refractivity contribution in [3.05, 3.63) is 17.9 Å². The monoisotopic (exact) mass is 277 g/mol. The van der Waals surface area contributed by atoms with Gasteiger partial charge in [-0.15, -0.1) is 0 Å². The molecule has 0 spiro atoms. The maximum Gasteiger partial charge on any atom is 0.371 e. The van der Waals surface area contributed by atoms with Crippen LogP contribution in [0, 0.1) is 0 Å². The molecule has 0 fully saturated rings. The lowest BCUT2D eigenvalue weighted by Crippen LogP contribution is -2.24. The van der Waals surface area contributed by atoms with E-state index in [1.165, 1.54) is 0 Å². The van der Waals surface area contributed by atoms with Gasteiger partial charge in [0.2, 0.25) is 10.9 Å². The summed E-state index contributed by atoms with van der Waals surface area (Å²) < 4.78 is 30.3. The summed E-state index contributed by atoms with van der Waals surface area (Å²) in [5.74, 6) is -1.74. The van der Waals surface area contributed by atoms with Crippen LogP contribution in [0.5, 0.6) is 0 Å². The highest BCUT2D eigenvalue weighted by Crippen LogP contribution is 2.13. The maximum atomic E-state index is 11.7. The second-order valence-electron chi connectivity index (χ2n) is 3.61. The number of furan rings is 1. The molecular weight excluding hydrogens is 262 g/mol. The average Bonchev–Trinajstić information content (AvgIpc) is 2.78. The first kappa shape index (κ1) is 14.7. The zero-order valence-corrected chi connectivity index (χ0v) is 10.4. The summed E-state index contributed by atoms with van der Waals surface area (Å²) in [5.41, 5.74) is 0. The van der Waals surface area contributed by atoms with E-state index < -0.39 is 26.8 Å². The summed E-state index contributed by atoms with van der Waals surface area (Å²) in [6, 6.07) is 2.18. The molecule has 0 aromatic carbocycles. The number of aliphatic hydroxyl groups excluding tert-OH is 1. The minimum atomic E-state index is -3.80. The standard InChI is InChI=1S/C10H15NO6S/c12-7-3-1-2-6-11-18(15,16)9-5-4-8(17-9)10(13)14/h4-5,11-12H,1-3,6-7H2,(H,13,14). The Morgan fingerprint density at radius 2 is 2.00 bits per heavy atom. The number of hydrogen-bond donors (Lipinski definition) is 3. The quantitative estimate of drug-likeness (QED) is 0.593. The van der Waals surface area contributed by atoms with E-state index in [0.29, 0.717) is 19.3 Å². The van der Waals surface area contributed by atoms with Crippen LogP contribution in [0.2, 0.25) is 0 Å². The van der Waals surface area contributed by atoms with Gasteiger partial charge in [0.25, 0.3) is 10.0 Å². The predicted octanol–water partition coefficient (Wildman–Crippen LogP) is 0.419. The van der Waals surface area contributed by atoms with Crippen LogP contribution in [0.25, 0.3) is 0 Å². The van der Waals surface area contributed by atoms with Gasteiger partial charge in [-0.2, -0.15) is 0 Å². The number of carbonyl (C=O) groups is 1. The van der Waals surface area contributed by atoms with Crippen molar-refractivity contribution < 1.29 is 27.8 Å². The van der Waals surface area contributed by atoms with Crippen LogP contribution in [0.15, 0.2) is 21.6 Å². The van der Waals surface area contributed by atoms with Crippen LogP contribution >= 0.6 is 0 Å². The third-order valence-electron chi connectivity index (χ3n) is 2.18. The Morgan fingerprint density at radius 1 is 1.28 bits per heavy atom. The lowest BCUT2D eigenvalue weighted by atomic mass is 10.2. The first-order valence-corrected chi connectivity index (χ1v) is 6.89. The zero-order valence-electron chi connectivity index (χ0n) is 9.63. The molecule has 1 rings (SSSR count). The molecule has 0 radical (unpaired) electrons. The molecule has 0 saturated carbocycles. The molecule has 1 aromatic heterocycles.